The molecule has 8 aromatic rings. The zero-order valence-corrected chi connectivity index (χ0v) is 25.1. The molecule has 0 N–H and O–H groups in total. The van der Waals surface area contributed by atoms with E-state index < -0.39 is 0 Å². The van der Waals surface area contributed by atoms with Gasteiger partial charge in [0.2, 0.25) is 0 Å². The van der Waals surface area contributed by atoms with Crippen molar-refractivity contribution in [2.24, 2.45) is 0 Å². The lowest BCUT2D eigenvalue weighted by atomic mass is 9.90. The van der Waals surface area contributed by atoms with Crippen LogP contribution in [0.2, 0.25) is 0 Å². The number of hydrogen-bond donors (Lipinski definition) is 0. The minimum Gasteiger partial charge on any atom is -0.455 e. The summed E-state index contributed by atoms with van der Waals surface area (Å²) in [5, 5.41) is 2.28. The standard InChI is InChI=1S/C43H29NO2/c1-3-10-28(11-4-1)40-24-33(25-41(44-40)29-12-5-2-6-13-29)30-18-19-32-26-45-27-34-22-31(20-21-35(34)39(32)23-30)36-15-9-16-38-37-14-7-8-17-42(37)46-43(36)38/h1-25H,26-27H2. The zero-order valence-electron chi connectivity index (χ0n) is 25.1. The molecule has 218 valence electrons. The van der Waals surface area contributed by atoms with Gasteiger partial charge in [-0.1, -0.05) is 121 Å². The van der Waals surface area contributed by atoms with Crippen molar-refractivity contribution in [1.29, 1.82) is 0 Å². The molecule has 0 fully saturated rings. The van der Waals surface area contributed by atoms with E-state index >= 15 is 0 Å². The van der Waals surface area contributed by atoms with Gasteiger partial charge in [0, 0.05) is 27.5 Å². The van der Waals surface area contributed by atoms with Gasteiger partial charge in [0.1, 0.15) is 11.2 Å². The third-order valence-corrected chi connectivity index (χ3v) is 9.03. The third kappa shape index (κ3) is 4.61. The molecule has 0 unspecified atom stereocenters. The van der Waals surface area contributed by atoms with Crippen LogP contribution >= 0.6 is 0 Å². The van der Waals surface area contributed by atoms with Crippen LogP contribution in [-0.2, 0) is 18.0 Å². The van der Waals surface area contributed by atoms with Gasteiger partial charge in [-0.15, -0.1) is 0 Å². The topological polar surface area (TPSA) is 35.3 Å². The predicted molar refractivity (Wildman–Crippen MR) is 187 cm³/mol. The van der Waals surface area contributed by atoms with Crippen LogP contribution in [-0.4, -0.2) is 4.98 Å². The second-order valence-electron chi connectivity index (χ2n) is 11.9. The van der Waals surface area contributed by atoms with Crippen LogP contribution in [0, 0.1) is 0 Å². The van der Waals surface area contributed by atoms with Crippen LogP contribution < -0.4 is 0 Å². The highest BCUT2D eigenvalue weighted by molar-refractivity contribution is 6.09. The number of nitrogens with zero attached hydrogens (tertiary/aromatic N) is 1. The molecule has 0 saturated heterocycles. The SMILES string of the molecule is c1ccc(-c2cc(-c3ccc4c(c3)-c3ccc(-c5cccc6c5oc5ccccc56)cc3COC4)cc(-c3ccccc3)n2)cc1. The molecule has 0 spiro atoms. The molecule has 0 atom stereocenters. The van der Waals surface area contributed by atoms with Gasteiger partial charge < -0.3 is 9.15 Å². The number of pyridine rings is 1. The molecule has 0 radical (unpaired) electrons. The average Bonchev–Trinajstić information content (AvgIpc) is 3.41. The second-order valence-corrected chi connectivity index (χ2v) is 11.9. The summed E-state index contributed by atoms with van der Waals surface area (Å²) in [6, 6.07) is 53.4. The molecule has 1 aliphatic rings. The van der Waals surface area contributed by atoms with E-state index in [-0.39, 0.29) is 0 Å². The quantitative estimate of drug-likeness (QED) is 0.204. The van der Waals surface area contributed by atoms with Crippen molar-refractivity contribution in [2.75, 3.05) is 0 Å². The maximum atomic E-state index is 6.37. The second kappa shape index (κ2) is 11.0. The normalized spacial score (nSPS) is 12.5. The zero-order chi connectivity index (χ0) is 30.5. The van der Waals surface area contributed by atoms with E-state index in [1.807, 2.05) is 24.3 Å². The monoisotopic (exact) mass is 591 g/mol. The first-order valence-corrected chi connectivity index (χ1v) is 15.7. The van der Waals surface area contributed by atoms with Crippen molar-refractivity contribution in [3.8, 4) is 55.9 Å². The Hall–Kier alpha value is -5.77. The molecule has 0 amide bonds. The number of aromatic nitrogens is 1. The van der Waals surface area contributed by atoms with Crippen LogP contribution in [0.3, 0.4) is 0 Å². The summed E-state index contributed by atoms with van der Waals surface area (Å²) in [5.41, 5.74) is 15.2. The van der Waals surface area contributed by atoms with Gasteiger partial charge in [0.05, 0.1) is 24.6 Å². The van der Waals surface area contributed by atoms with Crippen LogP contribution in [0.25, 0.3) is 77.8 Å². The summed E-state index contributed by atoms with van der Waals surface area (Å²) in [6.07, 6.45) is 0. The molecule has 0 saturated carbocycles. The van der Waals surface area contributed by atoms with E-state index in [1.165, 1.54) is 22.3 Å². The van der Waals surface area contributed by atoms with Gasteiger partial charge in [0.15, 0.2) is 0 Å². The van der Waals surface area contributed by atoms with Gasteiger partial charge in [0.25, 0.3) is 0 Å². The Morgan fingerprint density at radius 2 is 1.09 bits per heavy atom. The summed E-state index contributed by atoms with van der Waals surface area (Å²) in [4.78, 5) is 5.08. The Labute approximate surface area is 267 Å². The summed E-state index contributed by atoms with van der Waals surface area (Å²) >= 11 is 0. The molecule has 3 nitrogen and oxygen atoms in total. The van der Waals surface area contributed by atoms with Crippen molar-refractivity contribution < 1.29 is 9.15 Å². The number of fused-ring (bicyclic) bond motifs is 6. The van der Waals surface area contributed by atoms with E-state index in [2.05, 4.69) is 127 Å². The highest BCUT2D eigenvalue weighted by Gasteiger charge is 2.19. The number of benzene rings is 6. The lowest BCUT2D eigenvalue weighted by Crippen LogP contribution is -1.93. The minimum atomic E-state index is 0.550. The van der Waals surface area contributed by atoms with E-state index in [1.54, 1.807) is 0 Å². The van der Waals surface area contributed by atoms with E-state index in [9.17, 15) is 0 Å². The average molecular weight is 592 g/mol. The number of ether oxygens (including phenoxy) is 1. The summed E-state index contributed by atoms with van der Waals surface area (Å²) in [7, 11) is 0. The van der Waals surface area contributed by atoms with Crippen LogP contribution in [0.5, 0.6) is 0 Å². The maximum absolute atomic E-state index is 6.37. The van der Waals surface area contributed by atoms with Crippen molar-refractivity contribution in [3.05, 3.63) is 163 Å². The van der Waals surface area contributed by atoms with Gasteiger partial charge in [-0.2, -0.15) is 0 Å². The van der Waals surface area contributed by atoms with Crippen molar-refractivity contribution in [2.45, 2.75) is 13.2 Å². The number of hydrogen-bond acceptors (Lipinski definition) is 3. The van der Waals surface area contributed by atoms with Gasteiger partial charge in [-0.25, -0.2) is 4.98 Å². The fraction of sp³-hybridized carbons (Fsp3) is 0.0465. The lowest BCUT2D eigenvalue weighted by Gasteiger charge is -2.14. The smallest absolute Gasteiger partial charge is 0.143 e. The van der Waals surface area contributed by atoms with Crippen LogP contribution in [0.4, 0.5) is 0 Å². The molecule has 46 heavy (non-hydrogen) atoms. The molecule has 3 heterocycles. The predicted octanol–water partition coefficient (Wildman–Crippen LogP) is 11.3. The van der Waals surface area contributed by atoms with E-state index in [0.717, 1.165) is 66.7 Å². The summed E-state index contributed by atoms with van der Waals surface area (Å²) < 4.78 is 12.6. The lowest BCUT2D eigenvalue weighted by molar-refractivity contribution is 0.110. The molecule has 0 bridgehead atoms. The van der Waals surface area contributed by atoms with Crippen LogP contribution in [0.1, 0.15) is 11.1 Å². The fourth-order valence-electron chi connectivity index (χ4n) is 6.73. The molecule has 9 rings (SSSR count). The number of rotatable bonds is 4. The molecule has 1 aliphatic heterocycles. The minimum absolute atomic E-state index is 0.550. The first-order valence-electron chi connectivity index (χ1n) is 15.7. The van der Waals surface area contributed by atoms with Crippen LogP contribution in [0.15, 0.2) is 156 Å². The maximum Gasteiger partial charge on any atom is 0.143 e. The molecular weight excluding hydrogens is 562 g/mol. The van der Waals surface area contributed by atoms with Crippen molar-refractivity contribution in [1.82, 2.24) is 4.98 Å². The highest BCUT2D eigenvalue weighted by Crippen LogP contribution is 2.40. The Kier molecular flexibility index (Phi) is 6.36. The Morgan fingerprint density at radius 1 is 0.413 bits per heavy atom. The number of furan rings is 1. The Morgan fingerprint density at radius 3 is 1.87 bits per heavy atom. The Balaban J connectivity index is 1.17. The van der Waals surface area contributed by atoms with E-state index in [4.69, 9.17) is 14.1 Å². The van der Waals surface area contributed by atoms with Gasteiger partial charge >= 0.3 is 0 Å². The first-order chi connectivity index (χ1) is 22.8. The third-order valence-electron chi connectivity index (χ3n) is 9.03. The molecular formula is C43H29NO2. The molecule has 2 aromatic heterocycles. The molecule has 3 heteroatoms. The molecule has 6 aromatic carbocycles. The van der Waals surface area contributed by atoms with Gasteiger partial charge in [-0.05, 0) is 69.3 Å². The first kappa shape index (κ1) is 26.6. The largest absolute Gasteiger partial charge is 0.455 e. The molecule has 0 aliphatic carbocycles. The highest BCUT2D eigenvalue weighted by atomic mass is 16.5. The van der Waals surface area contributed by atoms with Crippen molar-refractivity contribution >= 4 is 21.9 Å². The van der Waals surface area contributed by atoms with E-state index in [0.29, 0.717) is 13.2 Å². The summed E-state index contributed by atoms with van der Waals surface area (Å²) in [5.74, 6) is 0. The number of para-hydroxylation sites is 2. The van der Waals surface area contributed by atoms with Gasteiger partial charge in [-0.3, -0.25) is 0 Å². The van der Waals surface area contributed by atoms with Crippen molar-refractivity contribution in [3.63, 3.8) is 0 Å². The summed E-state index contributed by atoms with van der Waals surface area (Å²) in [6.45, 7) is 1.12. The fourth-order valence-corrected chi connectivity index (χ4v) is 6.73. The Bertz CT molecular complexity index is 2330.